The summed E-state index contributed by atoms with van der Waals surface area (Å²) in [6, 6.07) is 12.8. The molecule has 0 N–H and O–H groups in total. The van der Waals surface area contributed by atoms with Gasteiger partial charge in [0.15, 0.2) is 5.69 Å². The molecule has 0 fully saturated rings. The maximum atomic E-state index is 13.7. The van der Waals surface area contributed by atoms with Crippen molar-refractivity contribution in [3.8, 4) is 11.3 Å². The van der Waals surface area contributed by atoms with E-state index in [0.29, 0.717) is 18.4 Å². The zero-order valence-electron chi connectivity index (χ0n) is 13.6. The maximum absolute atomic E-state index is 13.7. The Morgan fingerprint density at radius 3 is 2.50 bits per heavy atom. The van der Waals surface area contributed by atoms with E-state index in [0.717, 1.165) is 10.1 Å². The lowest BCUT2D eigenvalue weighted by Gasteiger charge is -2.15. The van der Waals surface area contributed by atoms with Crippen LogP contribution in [0.1, 0.15) is 17.8 Å². The molecule has 0 aliphatic heterocycles. The van der Waals surface area contributed by atoms with E-state index in [1.807, 2.05) is 30.3 Å². The number of nitrogens with zero attached hydrogens (tertiary/aromatic N) is 4. The molecule has 0 amide bonds. The first-order valence-corrected chi connectivity index (χ1v) is 8.33. The molecular weight excluding hydrogens is 362 g/mol. The molecule has 0 aliphatic carbocycles. The summed E-state index contributed by atoms with van der Waals surface area (Å²) < 4.78 is 28.2. The molecule has 0 atom stereocenters. The van der Waals surface area contributed by atoms with Gasteiger partial charge in [0.1, 0.15) is 0 Å². The minimum Gasteiger partial charge on any atom is -0.287 e. The third-order valence-corrected chi connectivity index (χ3v) is 4.00. The molecule has 134 valence electrons. The van der Waals surface area contributed by atoms with Gasteiger partial charge in [-0.2, -0.15) is 8.78 Å². The fraction of sp³-hybridized carbons (Fsp3) is 0.222. The highest BCUT2D eigenvalue weighted by molar-refractivity contribution is 6.21. The summed E-state index contributed by atoms with van der Waals surface area (Å²) in [6.45, 7) is 0.0498. The van der Waals surface area contributed by atoms with Crippen LogP contribution in [0.3, 0.4) is 0 Å². The zero-order valence-corrected chi connectivity index (χ0v) is 14.4. The highest BCUT2D eigenvalue weighted by Gasteiger charge is 2.35. The SMILES string of the molecule is O=c1c(-c2cccnc2)nnc(C(F)(F)Cl)n1CCCc1ccccc1. The molecule has 2 heterocycles. The van der Waals surface area contributed by atoms with Crippen LogP contribution in [0.5, 0.6) is 0 Å². The molecule has 26 heavy (non-hydrogen) atoms. The van der Waals surface area contributed by atoms with Crippen LogP contribution in [0.2, 0.25) is 0 Å². The number of hydrogen-bond donors (Lipinski definition) is 0. The Kier molecular flexibility index (Phi) is 5.37. The Labute approximate surface area is 153 Å². The Balaban J connectivity index is 1.93. The van der Waals surface area contributed by atoms with Crippen LogP contribution in [-0.2, 0) is 18.3 Å². The fourth-order valence-electron chi connectivity index (χ4n) is 2.61. The predicted octanol–water partition coefficient (Wildman–Crippen LogP) is 3.62. The van der Waals surface area contributed by atoms with E-state index in [9.17, 15) is 13.6 Å². The lowest BCUT2D eigenvalue weighted by molar-refractivity contribution is 0.0763. The lowest BCUT2D eigenvalue weighted by Crippen LogP contribution is -2.32. The van der Waals surface area contributed by atoms with Crippen molar-refractivity contribution in [3.63, 3.8) is 0 Å². The third kappa shape index (κ3) is 4.11. The van der Waals surface area contributed by atoms with Crippen molar-refractivity contribution < 1.29 is 8.78 Å². The molecule has 0 unspecified atom stereocenters. The summed E-state index contributed by atoms with van der Waals surface area (Å²) in [5.41, 5.74) is 0.749. The topological polar surface area (TPSA) is 60.7 Å². The van der Waals surface area contributed by atoms with E-state index in [-0.39, 0.29) is 12.2 Å². The lowest BCUT2D eigenvalue weighted by atomic mass is 10.1. The van der Waals surface area contributed by atoms with Crippen molar-refractivity contribution >= 4 is 11.6 Å². The van der Waals surface area contributed by atoms with Gasteiger partial charge in [0.2, 0.25) is 5.82 Å². The Morgan fingerprint density at radius 2 is 1.85 bits per heavy atom. The van der Waals surface area contributed by atoms with Gasteiger partial charge in [-0.05, 0) is 42.1 Å². The number of hydrogen-bond acceptors (Lipinski definition) is 4. The van der Waals surface area contributed by atoms with Crippen LogP contribution in [-0.4, -0.2) is 19.7 Å². The summed E-state index contributed by atoms with van der Waals surface area (Å²) in [6.07, 6.45) is 4.07. The number of aromatic nitrogens is 4. The van der Waals surface area contributed by atoms with Crippen LogP contribution < -0.4 is 5.56 Å². The van der Waals surface area contributed by atoms with E-state index in [4.69, 9.17) is 11.6 Å². The molecule has 3 rings (SSSR count). The molecule has 5 nitrogen and oxygen atoms in total. The molecular formula is C18H15ClF2N4O. The van der Waals surface area contributed by atoms with Crippen molar-refractivity contribution in [2.45, 2.75) is 24.8 Å². The summed E-state index contributed by atoms with van der Waals surface area (Å²) >= 11 is 5.12. The second kappa shape index (κ2) is 7.70. The predicted molar refractivity (Wildman–Crippen MR) is 94.0 cm³/mol. The Morgan fingerprint density at radius 1 is 1.08 bits per heavy atom. The minimum atomic E-state index is -3.79. The summed E-state index contributed by atoms with van der Waals surface area (Å²) in [7, 11) is 0. The molecule has 0 saturated heterocycles. The van der Waals surface area contributed by atoms with E-state index in [1.165, 1.54) is 12.4 Å². The number of rotatable bonds is 6. The number of benzene rings is 1. The maximum Gasteiger partial charge on any atom is 0.381 e. The van der Waals surface area contributed by atoms with Crippen molar-refractivity contribution in [3.05, 3.63) is 76.6 Å². The second-order valence-electron chi connectivity index (χ2n) is 5.66. The van der Waals surface area contributed by atoms with Crippen LogP contribution in [0.4, 0.5) is 8.78 Å². The second-order valence-corrected chi connectivity index (χ2v) is 6.13. The van der Waals surface area contributed by atoms with E-state index >= 15 is 0 Å². The molecule has 1 aromatic carbocycles. The smallest absolute Gasteiger partial charge is 0.287 e. The van der Waals surface area contributed by atoms with Gasteiger partial charge in [0, 0.05) is 24.5 Å². The minimum absolute atomic E-state index is 0.0394. The monoisotopic (exact) mass is 376 g/mol. The molecule has 0 bridgehead atoms. The van der Waals surface area contributed by atoms with Crippen molar-refractivity contribution in [1.82, 2.24) is 19.7 Å². The largest absolute Gasteiger partial charge is 0.381 e. The number of aryl methyl sites for hydroxylation is 1. The molecule has 0 saturated carbocycles. The summed E-state index contributed by atoms with van der Waals surface area (Å²) in [4.78, 5) is 16.6. The van der Waals surface area contributed by atoms with Crippen LogP contribution >= 0.6 is 11.6 Å². The van der Waals surface area contributed by atoms with E-state index in [2.05, 4.69) is 15.2 Å². The average molecular weight is 377 g/mol. The van der Waals surface area contributed by atoms with Crippen LogP contribution in [0.15, 0.2) is 59.7 Å². The third-order valence-electron chi connectivity index (χ3n) is 3.83. The zero-order chi connectivity index (χ0) is 18.6. The van der Waals surface area contributed by atoms with Gasteiger partial charge < -0.3 is 0 Å². The van der Waals surface area contributed by atoms with E-state index in [1.54, 1.807) is 12.1 Å². The first kappa shape index (κ1) is 18.1. The van der Waals surface area contributed by atoms with Gasteiger partial charge in [-0.3, -0.25) is 14.3 Å². The van der Waals surface area contributed by atoms with Gasteiger partial charge in [0.25, 0.3) is 5.56 Å². The van der Waals surface area contributed by atoms with Crippen molar-refractivity contribution in [1.29, 1.82) is 0 Å². The number of halogens is 3. The number of pyridine rings is 1. The van der Waals surface area contributed by atoms with E-state index < -0.39 is 16.8 Å². The molecule has 0 radical (unpaired) electrons. The van der Waals surface area contributed by atoms with Crippen molar-refractivity contribution in [2.24, 2.45) is 0 Å². The molecule has 2 aromatic heterocycles. The summed E-state index contributed by atoms with van der Waals surface area (Å²) in [5.74, 6) is -0.857. The first-order chi connectivity index (χ1) is 12.5. The fourth-order valence-corrected chi connectivity index (χ4v) is 2.75. The van der Waals surface area contributed by atoms with Crippen LogP contribution in [0.25, 0.3) is 11.3 Å². The van der Waals surface area contributed by atoms with Crippen molar-refractivity contribution in [2.75, 3.05) is 0 Å². The molecule has 0 spiro atoms. The molecule has 0 aliphatic rings. The molecule has 3 aromatic rings. The average Bonchev–Trinajstić information content (AvgIpc) is 2.63. The van der Waals surface area contributed by atoms with Gasteiger partial charge in [0.05, 0.1) is 0 Å². The summed E-state index contributed by atoms with van der Waals surface area (Å²) in [5, 5.41) is 3.38. The van der Waals surface area contributed by atoms with Gasteiger partial charge in [-0.1, -0.05) is 30.3 Å². The van der Waals surface area contributed by atoms with Gasteiger partial charge in [-0.25, -0.2) is 0 Å². The van der Waals surface area contributed by atoms with Crippen LogP contribution in [0, 0.1) is 0 Å². The van der Waals surface area contributed by atoms with Gasteiger partial charge in [-0.15, -0.1) is 10.2 Å². The first-order valence-electron chi connectivity index (χ1n) is 7.96. The normalized spacial score (nSPS) is 11.5. The molecule has 8 heteroatoms. The highest BCUT2D eigenvalue weighted by Crippen LogP contribution is 2.30. The Bertz CT molecular complexity index is 927. The number of alkyl halides is 3. The Hall–Kier alpha value is -2.67. The highest BCUT2D eigenvalue weighted by atomic mass is 35.5. The quantitative estimate of drug-likeness (QED) is 0.616. The van der Waals surface area contributed by atoms with Gasteiger partial charge >= 0.3 is 5.38 Å². The standard InChI is InChI=1S/C18H15ClF2N4O/c19-18(20,21)17-24-23-15(14-9-4-10-22-12-14)16(26)25(17)11-5-8-13-6-2-1-3-7-13/h1-4,6-7,9-10,12H,5,8,11H2.